The maximum Gasteiger partial charge on any atom is 0.311 e. The zero-order valence-corrected chi connectivity index (χ0v) is 9.96. The van der Waals surface area contributed by atoms with E-state index in [4.69, 9.17) is 4.74 Å². The number of nitro groups is 1. The number of benzene rings is 1. The van der Waals surface area contributed by atoms with Gasteiger partial charge in [0.15, 0.2) is 0 Å². The van der Waals surface area contributed by atoms with Crippen molar-refractivity contribution in [3.8, 4) is 11.5 Å². The SMILES string of the molecule is CNc1cncc(Oc2cc(F)ccc2[N+](=O)[O-])c1. The Morgan fingerprint density at radius 2 is 2.16 bits per heavy atom. The first-order valence-corrected chi connectivity index (χ1v) is 5.35. The summed E-state index contributed by atoms with van der Waals surface area (Å²) in [7, 11) is 1.70. The summed E-state index contributed by atoms with van der Waals surface area (Å²) >= 11 is 0. The Labute approximate surface area is 108 Å². The molecule has 1 heterocycles. The van der Waals surface area contributed by atoms with E-state index in [1.165, 1.54) is 6.20 Å². The summed E-state index contributed by atoms with van der Waals surface area (Å²) in [4.78, 5) is 14.1. The van der Waals surface area contributed by atoms with E-state index in [-0.39, 0.29) is 17.2 Å². The Kier molecular flexibility index (Phi) is 3.56. The number of hydrogen-bond donors (Lipinski definition) is 1. The predicted molar refractivity (Wildman–Crippen MR) is 66.9 cm³/mol. The fraction of sp³-hybridized carbons (Fsp3) is 0.0833. The van der Waals surface area contributed by atoms with E-state index >= 15 is 0 Å². The molecule has 0 aliphatic carbocycles. The van der Waals surface area contributed by atoms with Crippen molar-refractivity contribution in [3.05, 3.63) is 52.6 Å². The largest absolute Gasteiger partial charge is 0.448 e. The molecule has 19 heavy (non-hydrogen) atoms. The fourth-order valence-corrected chi connectivity index (χ4v) is 1.46. The number of ether oxygens (including phenoxy) is 1. The first kappa shape index (κ1) is 12.7. The third kappa shape index (κ3) is 2.95. The summed E-state index contributed by atoms with van der Waals surface area (Å²) < 4.78 is 18.4. The Bertz CT molecular complexity index is 619. The second-order valence-corrected chi connectivity index (χ2v) is 3.63. The molecule has 0 fully saturated rings. The molecule has 2 rings (SSSR count). The van der Waals surface area contributed by atoms with Gasteiger partial charge in [-0.3, -0.25) is 15.1 Å². The van der Waals surface area contributed by atoms with E-state index in [1.54, 1.807) is 19.3 Å². The molecule has 0 spiro atoms. The molecule has 0 aliphatic heterocycles. The number of nitrogens with zero attached hydrogens (tertiary/aromatic N) is 2. The molecule has 0 radical (unpaired) electrons. The second-order valence-electron chi connectivity index (χ2n) is 3.63. The average molecular weight is 263 g/mol. The number of halogens is 1. The van der Waals surface area contributed by atoms with Gasteiger partial charge in [-0.1, -0.05) is 0 Å². The standard InChI is InChI=1S/C12H10FN3O3/c1-14-9-5-10(7-15-6-9)19-12-4-8(13)2-3-11(12)16(17)18/h2-7,14H,1H3. The minimum absolute atomic E-state index is 0.167. The van der Waals surface area contributed by atoms with E-state index in [0.717, 1.165) is 18.2 Å². The summed E-state index contributed by atoms with van der Waals surface area (Å²) in [5, 5.41) is 13.7. The van der Waals surface area contributed by atoms with Gasteiger partial charge >= 0.3 is 5.69 Å². The number of pyridine rings is 1. The number of nitrogens with one attached hydrogen (secondary N) is 1. The predicted octanol–water partition coefficient (Wildman–Crippen LogP) is 2.96. The van der Waals surface area contributed by atoms with E-state index in [2.05, 4.69) is 10.3 Å². The summed E-state index contributed by atoms with van der Waals surface area (Å²) in [6.07, 6.45) is 2.95. The van der Waals surface area contributed by atoms with Crippen molar-refractivity contribution in [2.24, 2.45) is 0 Å². The lowest BCUT2D eigenvalue weighted by Gasteiger charge is -2.07. The van der Waals surface area contributed by atoms with Crippen LogP contribution in [0.5, 0.6) is 11.5 Å². The third-order valence-electron chi connectivity index (χ3n) is 2.35. The summed E-state index contributed by atoms with van der Waals surface area (Å²) in [6, 6.07) is 4.62. The first-order valence-electron chi connectivity index (χ1n) is 5.35. The number of hydrogen-bond acceptors (Lipinski definition) is 5. The highest BCUT2D eigenvalue weighted by molar-refractivity contribution is 5.50. The highest BCUT2D eigenvalue weighted by Crippen LogP contribution is 2.32. The molecule has 6 nitrogen and oxygen atoms in total. The molecule has 2 aromatic rings. The molecule has 1 aromatic carbocycles. The molecule has 1 N–H and O–H groups in total. The first-order chi connectivity index (χ1) is 9.10. The molecule has 0 aliphatic rings. The summed E-state index contributed by atoms with van der Waals surface area (Å²) in [6.45, 7) is 0. The Morgan fingerprint density at radius 1 is 1.37 bits per heavy atom. The van der Waals surface area contributed by atoms with Crippen LogP contribution in [0.3, 0.4) is 0 Å². The van der Waals surface area contributed by atoms with E-state index in [9.17, 15) is 14.5 Å². The van der Waals surface area contributed by atoms with Crippen molar-refractivity contribution in [1.29, 1.82) is 0 Å². The second kappa shape index (κ2) is 5.30. The molecule has 7 heteroatoms. The van der Waals surface area contributed by atoms with Crippen molar-refractivity contribution in [2.75, 3.05) is 12.4 Å². The highest BCUT2D eigenvalue weighted by atomic mass is 19.1. The molecule has 0 amide bonds. The van der Waals surface area contributed by atoms with Gasteiger partial charge in [0.1, 0.15) is 11.6 Å². The van der Waals surface area contributed by atoms with Gasteiger partial charge in [0.05, 0.1) is 23.0 Å². The van der Waals surface area contributed by atoms with Gasteiger partial charge in [-0.05, 0) is 6.07 Å². The van der Waals surface area contributed by atoms with Gasteiger partial charge in [-0.2, -0.15) is 0 Å². The highest BCUT2D eigenvalue weighted by Gasteiger charge is 2.16. The van der Waals surface area contributed by atoms with E-state index < -0.39 is 10.7 Å². The van der Waals surface area contributed by atoms with Gasteiger partial charge in [0.25, 0.3) is 0 Å². The van der Waals surface area contributed by atoms with Gasteiger partial charge in [-0.15, -0.1) is 0 Å². The van der Waals surface area contributed by atoms with Gasteiger partial charge in [0.2, 0.25) is 5.75 Å². The zero-order chi connectivity index (χ0) is 13.8. The Morgan fingerprint density at radius 3 is 2.84 bits per heavy atom. The zero-order valence-electron chi connectivity index (χ0n) is 9.96. The Hall–Kier alpha value is -2.70. The minimum atomic E-state index is -0.635. The van der Waals surface area contributed by atoms with Gasteiger partial charge in [-0.25, -0.2) is 4.39 Å². The molecule has 0 saturated heterocycles. The molecule has 0 saturated carbocycles. The lowest BCUT2D eigenvalue weighted by Crippen LogP contribution is -1.95. The fourth-order valence-electron chi connectivity index (χ4n) is 1.46. The molecular weight excluding hydrogens is 253 g/mol. The van der Waals surface area contributed by atoms with Crippen molar-refractivity contribution in [1.82, 2.24) is 4.98 Å². The lowest BCUT2D eigenvalue weighted by molar-refractivity contribution is -0.385. The summed E-state index contributed by atoms with van der Waals surface area (Å²) in [5.74, 6) is -0.501. The van der Waals surface area contributed by atoms with Crippen molar-refractivity contribution >= 4 is 11.4 Å². The van der Waals surface area contributed by atoms with Gasteiger partial charge in [0, 0.05) is 25.2 Å². The normalized spacial score (nSPS) is 10.0. The molecular formula is C12H10FN3O3. The average Bonchev–Trinajstić information content (AvgIpc) is 2.38. The van der Waals surface area contributed by atoms with Gasteiger partial charge < -0.3 is 10.1 Å². The maximum absolute atomic E-state index is 13.1. The third-order valence-corrected chi connectivity index (χ3v) is 2.35. The molecule has 0 bridgehead atoms. The van der Waals surface area contributed by atoms with E-state index in [1.807, 2.05) is 0 Å². The number of aromatic nitrogens is 1. The smallest absolute Gasteiger partial charge is 0.311 e. The van der Waals surface area contributed by atoms with Crippen molar-refractivity contribution in [3.63, 3.8) is 0 Å². The topological polar surface area (TPSA) is 77.3 Å². The van der Waals surface area contributed by atoms with E-state index in [0.29, 0.717) is 5.69 Å². The van der Waals surface area contributed by atoms with Crippen molar-refractivity contribution < 1.29 is 14.1 Å². The van der Waals surface area contributed by atoms with Crippen LogP contribution in [-0.2, 0) is 0 Å². The van der Waals surface area contributed by atoms with Crippen LogP contribution in [0.4, 0.5) is 15.8 Å². The number of rotatable bonds is 4. The van der Waals surface area contributed by atoms with Crippen LogP contribution in [0.15, 0.2) is 36.7 Å². The monoisotopic (exact) mass is 263 g/mol. The number of anilines is 1. The molecule has 1 aromatic heterocycles. The van der Waals surface area contributed by atoms with Crippen molar-refractivity contribution in [2.45, 2.75) is 0 Å². The molecule has 98 valence electrons. The van der Waals surface area contributed by atoms with Crippen LogP contribution >= 0.6 is 0 Å². The quantitative estimate of drug-likeness (QED) is 0.677. The Balaban J connectivity index is 2.36. The van der Waals surface area contributed by atoms with Crippen LogP contribution in [0.1, 0.15) is 0 Å². The summed E-state index contributed by atoms with van der Waals surface area (Å²) in [5.41, 5.74) is 0.368. The number of nitro benzene ring substituents is 1. The lowest BCUT2D eigenvalue weighted by atomic mass is 10.3. The van der Waals surface area contributed by atoms with Crippen LogP contribution in [0.25, 0.3) is 0 Å². The van der Waals surface area contributed by atoms with Crippen LogP contribution in [-0.4, -0.2) is 17.0 Å². The molecule has 0 atom stereocenters. The van der Waals surface area contributed by atoms with Crippen LogP contribution in [0.2, 0.25) is 0 Å². The van der Waals surface area contributed by atoms with Crippen LogP contribution < -0.4 is 10.1 Å². The maximum atomic E-state index is 13.1. The minimum Gasteiger partial charge on any atom is -0.448 e. The van der Waals surface area contributed by atoms with Crippen LogP contribution in [0, 0.1) is 15.9 Å². The molecule has 0 unspecified atom stereocenters.